The molecule has 0 radical (unpaired) electrons. The number of ether oxygens (including phenoxy) is 2. The monoisotopic (exact) mass is 478 g/mol. The second-order valence-electron chi connectivity index (χ2n) is 8.96. The summed E-state index contributed by atoms with van der Waals surface area (Å²) >= 11 is 0. The van der Waals surface area contributed by atoms with Crippen LogP contribution in [0.2, 0.25) is 0 Å². The average molecular weight is 479 g/mol. The van der Waals surface area contributed by atoms with Crippen molar-refractivity contribution in [1.82, 2.24) is 0 Å². The summed E-state index contributed by atoms with van der Waals surface area (Å²) in [7, 11) is 1.56. The van der Waals surface area contributed by atoms with E-state index < -0.39 is 23.5 Å². The zero-order valence-electron chi connectivity index (χ0n) is 20.3. The van der Waals surface area contributed by atoms with Gasteiger partial charge in [0.2, 0.25) is 6.54 Å². The Labute approximate surface area is 204 Å². The van der Waals surface area contributed by atoms with Crippen LogP contribution in [0.5, 0.6) is 5.75 Å². The number of carbonyl (C=O) groups excluding carboxylic acids is 1. The Morgan fingerprint density at radius 3 is 2.31 bits per heavy atom. The van der Waals surface area contributed by atoms with E-state index >= 15 is 0 Å². The highest BCUT2D eigenvalue weighted by atomic mass is 16.6. The van der Waals surface area contributed by atoms with Gasteiger partial charge in [0.05, 0.1) is 25.0 Å². The summed E-state index contributed by atoms with van der Waals surface area (Å²) in [4.78, 5) is 25.7. The third kappa shape index (κ3) is 7.20. The average Bonchev–Trinajstić information content (AvgIpc) is 3.35. The van der Waals surface area contributed by atoms with Crippen LogP contribution in [0.15, 0.2) is 89.7 Å². The van der Waals surface area contributed by atoms with Gasteiger partial charge in [0.25, 0.3) is 0 Å². The number of nitrogens with zero attached hydrogens (tertiary/aromatic N) is 2. The Kier molecular flexibility index (Phi) is 8.30. The summed E-state index contributed by atoms with van der Waals surface area (Å²) in [5.74, 6) is 0.159. The molecule has 0 aliphatic carbocycles. The lowest BCUT2D eigenvalue weighted by atomic mass is 9.84. The SMILES string of the molecule is COc1ccc(N(/C=C/[C@@H](c2ccco2)[C@@H](C[N+](=O)[O-])c2ccccc2)C(=O)OC(C)(C)C)cc1. The van der Waals surface area contributed by atoms with Crippen molar-refractivity contribution >= 4 is 11.8 Å². The van der Waals surface area contributed by atoms with Gasteiger partial charge in [0.1, 0.15) is 17.1 Å². The molecule has 2 atom stereocenters. The minimum absolute atomic E-state index is 0.311. The molecule has 0 N–H and O–H groups in total. The predicted molar refractivity (Wildman–Crippen MR) is 133 cm³/mol. The molecule has 0 saturated carbocycles. The third-order valence-electron chi connectivity index (χ3n) is 5.26. The molecule has 3 aromatic rings. The van der Waals surface area contributed by atoms with E-state index in [1.165, 1.54) is 11.2 Å². The molecule has 0 spiro atoms. The lowest BCUT2D eigenvalue weighted by Crippen LogP contribution is -2.33. The molecule has 0 aliphatic heterocycles. The van der Waals surface area contributed by atoms with Gasteiger partial charge in [0.15, 0.2) is 0 Å². The van der Waals surface area contributed by atoms with Gasteiger partial charge in [-0.25, -0.2) is 4.79 Å². The largest absolute Gasteiger partial charge is 0.497 e. The molecule has 0 fully saturated rings. The molecule has 1 heterocycles. The highest BCUT2D eigenvalue weighted by Gasteiger charge is 2.30. The van der Waals surface area contributed by atoms with Gasteiger partial charge in [0, 0.05) is 17.0 Å². The standard InChI is InChI=1S/C27H30N2O6/c1-27(2,3)35-26(30)28(21-12-14-22(33-4)15-13-21)17-16-23(25-11-8-18-34-25)24(19-29(31)32)20-9-6-5-7-10-20/h5-18,23-24H,19H2,1-4H3/b17-16+/t23-,24+/m1/s1. The molecule has 184 valence electrons. The van der Waals surface area contributed by atoms with E-state index in [4.69, 9.17) is 13.9 Å². The third-order valence-corrected chi connectivity index (χ3v) is 5.26. The topological polar surface area (TPSA) is 95.0 Å². The molecule has 0 aliphatic rings. The number of methoxy groups -OCH3 is 1. The van der Waals surface area contributed by atoms with Crippen molar-refractivity contribution in [2.45, 2.75) is 38.2 Å². The second-order valence-corrected chi connectivity index (χ2v) is 8.96. The molecule has 1 amide bonds. The summed E-state index contributed by atoms with van der Waals surface area (Å²) < 4.78 is 16.5. The number of allylic oxidation sites excluding steroid dienone is 1. The smallest absolute Gasteiger partial charge is 0.418 e. The number of furan rings is 1. The van der Waals surface area contributed by atoms with E-state index in [1.807, 2.05) is 30.3 Å². The minimum Gasteiger partial charge on any atom is -0.497 e. The lowest BCUT2D eigenvalue weighted by Gasteiger charge is -2.26. The molecule has 0 bridgehead atoms. The van der Waals surface area contributed by atoms with Crippen LogP contribution in [0.25, 0.3) is 0 Å². The van der Waals surface area contributed by atoms with Crippen molar-refractivity contribution in [3.63, 3.8) is 0 Å². The molecular formula is C27H30N2O6. The lowest BCUT2D eigenvalue weighted by molar-refractivity contribution is -0.483. The maximum atomic E-state index is 13.1. The maximum absolute atomic E-state index is 13.1. The van der Waals surface area contributed by atoms with Crippen molar-refractivity contribution in [3.8, 4) is 5.75 Å². The Balaban J connectivity index is 2.04. The normalized spacial score (nSPS) is 13.3. The van der Waals surface area contributed by atoms with E-state index in [2.05, 4.69) is 0 Å². The molecular weight excluding hydrogens is 448 g/mol. The molecule has 35 heavy (non-hydrogen) atoms. The van der Waals surface area contributed by atoms with Crippen molar-refractivity contribution in [2.24, 2.45) is 0 Å². The number of carbonyl (C=O) groups is 1. The van der Waals surface area contributed by atoms with Crippen LogP contribution in [0.4, 0.5) is 10.5 Å². The summed E-state index contributed by atoms with van der Waals surface area (Å²) in [5, 5.41) is 11.6. The van der Waals surface area contributed by atoms with E-state index in [9.17, 15) is 14.9 Å². The molecule has 2 aromatic carbocycles. The number of anilines is 1. The second kappa shape index (κ2) is 11.4. The molecule has 0 unspecified atom stereocenters. The van der Waals surface area contributed by atoms with Gasteiger partial charge >= 0.3 is 6.09 Å². The number of nitro groups is 1. The van der Waals surface area contributed by atoms with Crippen LogP contribution in [-0.2, 0) is 4.74 Å². The van der Waals surface area contributed by atoms with Gasteiger partial charge in [-0.2, -0.15) is 0 Å². The number of hydrogen-bond donors (Lipinski definition) is 0. The van der Waals surface area contributed by atoms with Gasteiger partial charge in [-0.1, -0.05) is 36.4 Å². The maximum Gasteiger partial charge on any atom is 0.418 e. The molecule has 3 rings (SSSR count). The van der Waals surface area contributed by atoms with E-state index in [-0.39, 0.29) is 11.5 Å². The Morgan fingerprint density at radius 1 is 1.09 bits per heavy atom. The fraction of sp³-hybridized carbons (Fsp3) is 0.296. The van der Waals surface area contributed by atoms with Crippen LogP contribution >= 0.6 is 0 Å². The van der Waals surface area contributed by atoms with Crippen molar-refractivity contribution in [3.05, 3.63) is 107 Å². The molecule has 0 saturated heterocycles. The Hall–Kier alpha value is -4.07. The zero-order chi connectivity index (χ0) is 25.4. The first kappa shape index (κ1) is 25.6. The summed E-state index contributed by atoms with van der Waals surface area (Å²) in [5.41, 5.74) is 0.636. The van der Waals surface area contributed by atoms with Crippen molar-refractivity contribution in [2.75, 3.05) is 18.6 Å². The van der Waals surface area contributed by atoms with Crippen molar-refractivity contribution in [1.29, 1.82) is 0 Å². The van der Waals surface area contributed by atoms with Crippen LogP contribution in [0.1, 0.15) is 43.9 Å². The fourth-order valence-electron chi connectivity index (χ4n) is 3.68. The van der Waals surface area contributed by atoms with Crippen LogP contribution in [0.3, 0.4) is 0 Å². The Bertz CT molecular complexity index is 1120. The summed E-state index contributed by atoms with van der Waals surface area (Å²) in [6, 6.07) is 19.7. The molecule has 8 nitrogen and oxygen atoms in total. The quantitative estimate of drug-likeness (QED) is 0.261. The van der Waals surface area contributed by atoms with Crippen LogP contribution in [0, 0.1) is 10.1 Å². The molecule has 1 aromatic heterocycles. The first-order chi connectivity index (χ1) is 16.7. The van der Waals surface area contributed by atoms with Crippen molar-refractivity contribution < 1.29 is 23.6 Å². The fourth-order valence-corrected chi connectivity index (χ4v) is 3.68. The Morgan fingerprint density at radius 2 is 1.77 bits per heavy atom. The van der Waals surface area contributed by atoms with Gasteiger partial charge in [-0.05, 0) is 62.7 Å². The van der Waals surface area contributed by atoms with Gasteiger partial charge < -0.3 is 13.9 Å². The van der Waals surface area contributed by atoms with Gasteiger partial charge in [-0.3, -0.25) is 15.0 Å². The summed E-state index contributed by atoms with van der Waals surface area (Å²) in [6.07, 6.45) is 4.27. The van der Waals surface area contributed by atoms with E-state index in [0.29, 0.717) is 17.2 Å². The number of amides is 1. The number of hydrogen-bond acceptors (Lipinski definition) is 6. The summed E-state index contributed by atoms with van der Waals surface area (Å²) in [6.45, 7) is 5.05. The molecule has 8 heteroatoms. The first-order valence-corrected chi connectivity index (χ1v) is 11.2. The predicted octanol–water partition coefficient (Wildman–Crippen LogP) is 6.39. The first-order valence-electron chi connectivity index (χ1n) is 11.2. The highest BCUT2D eigenvalue weighted by molar-refractivity contribution is 5.90. The highest BCUT2D eigenvalue weighted by Crippen LogP contribution is 2.35. The number of benzene rings is 2. The zero-order valence-corrected chi connectivity index (χ0v) is 20.3. The minimum atomic E-state index is -0.714. The van der Waals surface area contributed by atoms with E-state index in [1.54, 1.807) is 76.6 Å². The van der Waals surface area contributed by atoms with Crippen LogP contribution < -0.4 is 9.64 Å². The van der Waals surface area contributed by atoms with Crippen LogP contribution in [-0.4, -0.2) is 30.3 Å². The van der Waals surface area contributed by atoms with E-state index in [0.717, 1.165) is 5.56 Å². The number of rotatable bonds is 9. The van der Waals surface area contributed by atoms with Gasteiger partial charge in [-0.15, -0.1) is 0 Å².